The Bertz CT molecular complexity index is 1270. The Morgan fingerprint density at radius 2 is 1.90 bits per heavy atom. The summed E-state index contributed by atoms with van der Waals surface area (Å²) in [7, 11) is 0. The van der Waals surface area contributed by atoms with Crippen molar-refractivity contribution >= 4 is 50.2 Å². The van der Waals surface area contributed by atoms with E-state index in [-0.39, 0.29) is 12.5 Å². The quantitative estimate of drug-likeness (QED) is 0.367. The molecule has 0 spiro atoms. The first-order valence-corrected chi connectivity index (χ1v) is 10.3. The third-order valence-corrected chi connectivity index (χ3v) is 5.07. The molecule has 0 bridgehead atoms. The Hall–Kier alpha value is -3.89. The molecule has 4 aromatic rings. The van der Waals surface area contributed by atoms with Gasteiger partial charge in [-0.15, -0.1) is 0 Å². The number of aromatic amines is 1. The molecule has 1 heterocycles. The minimum Gasteiger partial charge on any atom is -0.483 e. The number of nitriles is 1. The van der Waals surface area contributed by atoms with Crippen LogP contribution in [0.5, 0.6) is 5.75 Å². The smallest absolute Gasteiger partial charge is 0.262 e. The zero-order valence-electron chi connectivity index (χ0n) is 16.3. The number of allylic oxidation sites excluding steroid dienone is 1. The van der Waals surface area contributed by atoms with Crippen molar-refractivity contribution in [1.82, 2.24) is 9.97 Å². The molecule has 3 aromatic carbocycles. The van der Waals surface area contributed by atoms with Crippen molar-refractivity contribution in [3.63, 3.8) is 0 Å². The molecule has 6 nitrogen and oxygen atoms in total. The molecule has 0 aliphatic rings. The molecule has 0 fully saturated rings. The number of rotatable bonds is 6. The number of fused-ring (bicyclic) bond motifs is 1. The molecule has 4 rings (SSSR count). The second-order valence-corrected chi connectivity index (χ2v) is 7.52. The Labute approximate surface area is 187 Å². The monoisotopic (exact) mass is 472 g/mol. The number of anilines is 1. The van der Waals surface area contributed by atoms with Crippen LogP contribution in [0.4, 0.5) is 5.69 Å². The lowest BCUT2D eigenvalue weighted by Crippen LogP contribution is -2.20. The van der Waals surface area contributed by atoms with Crippen molar-refractivity contribution in [2.45, 2.75) is 0 Å². The van der Waals surface area contributed by atoms with Gasteiger partial charge in [-0.3, -0.25) is 4.79 Å². The minimum atomic E-state index is -0.251. The average molecular weight is 473 g/mol. The average Bonchev–Trinajstić information content (AvgIpc) is 3.21. The summed E-state index contributed by atoms with van der Waals surface area (Å²) in [5.74, 6) is 0.791. The van der Waals surface area contributed by atoms with Crippen LogP contribution >= 0.6 is 15.9 Å². The zero-order valence-corrected chi connectivity index (χ0v) is 17.9. The molecule has 0 saturated carbocycles. The molecule has 1 amide bonds. The third kappa shape index (κ3) is 5.00. The van der Waals surface area contributed by atoms with Crippen molar-refractivity contribution in [2.75, 3.05) is 11.9 Å². The van der Waals surface area contributed by atoms with Crippen LogP contribution in [0.25, 0.3) is 22.7 Å². The van der Waals surface area contributed by atoms with Crippen LogP contribution in [-0.2, 0) is 4.79 Å². The molecule has 0 aliphatic carbocycles. The van der Waals surface area contributed by atoms with Gasteiger partial charge < -0.3 is 15.0 Å². The van der Waals surface area contributed by atoms with E-state index in [0.717, 1.165) is 16.6 Å². The number of aromatic nitrogens is 2. The molecule has 0 radical (unpaired) electrons. The van der Waals surface area contributed by atoms with Crippen LogP contribution in [0.3, 0.4) is 0 Å². The number of benzene rings is 3. The molecule has 0 saturated heterocycles. The number of para-hydroxylation sites is 3. The van der Waals surface area contributed by atoms with Crippen LogP contribution in [0, 0.1) is 11.3 Å². The van der Waals surface area contributed by atoms with E-state index in [2.05, 4.69) is 37.3 Å². The van der Waals surface area contributed by atoms with Gasteiger partial charge in [-0.05, 0) is 64.0 Å². The number of hydrogen-bond donors (Lipinski definition) is 2. The second-order valence-electron chi connectivity index (χ2n) is 6.67. The van der Waals surface area contributed by atoms with Gasteiger partial charge in [0.1, 0.15) is 17.6 Å². The number of nitrogens with one attached hydrogen (secondary N) is 2. The fourth-order valence-electron chi connectivity index (χ4n) is 2.99. The normalized spacial score (nSPS) is 11.2. The largest absolute Gasteiger partial charge is 0.483 e. The highest BCUT2D eigenvalue weighted by Gasteiger charge is 2.10. The second kappa shape index (κ2) is 9.28. The summed E-state index contributed by atoms with van der Waals surface area (Å²) in [4.78, 5) is 19.7. The number of nitrogens with zero attached hydrogens (tertiary/aromatic N) is 2. The molecule has 152 valence electrons. The highest BCUT2D eigenvalue weighted by atomic mass is 79.9. The maximum absolute atomic E-state index is 12.1. The summed E-state index contributed by atoms with van der Waals surface area (Å²) in [5, 5.41) is 12.4. The number of H-pyrrole nitrogens is 1. The summed E-state index contributed by atoms with van der Waals surface area (Å²) in [6, 6.07) is 24.4. The highest BCUT2D eigenvalue weighted by molar-refractivity contribution is 9.10. The van der Waals surface area contributed by atoms with Gasteiger partial charge in [0, 0.05) is 5.69 Å². The lowest BCUT2D eigenvalue weighted by Gasteiger charge is -2.09. The van der Waals surface area contributed by atoms with Crippen LogP contribution < -0.4 is 10.1 Å². The summed E-state index contributed by atoms with van der Waals surface area (Å²) in [6.07, 6.45) is 1.74. The van der Waals surface area contributed by atoms with Crippen LogP contribution in [-0.4, -0.2) is 22.5 Å². The van der Waals surface area contributed by atoms with Crippen LogP contribution in [0.1, 0.15) is 11.4 Å². The van der Waals surface area contributed by atoms with Crippen molar-refractivity contribution in [3.05, 3.63) is 88.7 Å². The van der Waals surface area contributed by atoms with Gasteiger partial charge in [0.2, 0.25) is 0 Å². The molecule has 0 atom stereocenters. The predicted octanol–water partition coefficient (Wildman–Crippen LogP) is 5.41. The van der Waals surface area contributed by atoms with E-state index in [1.807, 2.05) is 66.7 Å². The number of carbonyl (C=O) groups excluding carboxylic acids is 1. The number of halogens is 1. The van der Waals surface area contributed by atoms with Gasteiger partial charge in [-0.25, -0.2) is 4.98 Å². The van der Waals surface area contributed by atoms with E-state index in [0.29, 0.717) is 27.3 Å². The minimum absolute atomic E-state index is 0.120. The number of hydrogen-bond acceptors (Lipinski definition) is 4. The number of imidazole rings is 1. The lowest BCUT2D eigenvalue weighted by atomic mass is 10.1. The van der Waals surface area contributed by atoms with Crippen LogP contribution in [0.15, 0.2) is 77.3 Å². The predicted molar refractivity (Wildman–Crippen MR) is 124 cm³/mol. The van der Waals surface area contributed by atoms with E-state index in [1.165, 1.54) is 0 Å². The molecule has 1 aromatic heterocycles. The van der Waals surface area contributed by atoms with Crippen molar-refractivity contribution in [2.24, 2.45) is 0 Å². The van der Waals surface area contributed by atoms with Gasteiger partial charge in [-0.1, -0.05) is 36.4 Å². The molecular weight excluding hydrogens is 456 g/mol. The van der Waals surface area contributed by atoms with Gasteiger partial charge in [0.15, 0.2) is 6.61 Å². The fourth-order valence-corrected chi connectivity index (χ4v) is 3.50. The van der Waals surface area contributed by atoms with Crippen molar-refractivity contribution in [3.8, 4) is 11.8 Å². The first kappa shape index (κ1) is 20.4. The maximum atomic E-state index is 12.1. The van der Waals surface area contributed by atoms with Gasteiger partial charge >= 0.3 is 0 Å². The van der Waals surface area contributed by atoms with E-state index in [1.54, 1.807) is 12.1 Å². The third-order valence-electron chi connectivity index (χ3n) is 4.45. The number of carbonyl (C=O) groups is 1. The molecule has 2 N–H and O–H groups in total. The zero-order chi connectivity index (χ0) is 21.6. The number of amides is 1. The molecule has 0 unspecified atom stereocenters. The molecule has 7 heteroatoms. The first-order chi connectivity index (χ1) is 15.1. The van der Waals surface area contributed by atoms with Crippen LogP contribution in [0.2, 0.25) is 0 Å². The Morgan fingerprint density at radius 1 is 1.13 bits per heavy atom. The van der Waals surface area contributed by atoms with Gasteiger partial charge in [0.25, 0.3) is 5.91 Å². The standard InChI is InChI=1S/C24H17BrN4O2/c25-19-13-16(12-17(14-26)24-28-20-8-4-5-9-21(20)29-24)10-11-22(19)31-15-23(30)27-18-6-2-1-3-7-18/h1-13H,15H2,(H,27,30)(H,28,29)/b17-12+. The van der Waals surface area contributed by atoms with Crippen molar-refractivity contribution < 1.29 is 9.53 Å². The Morgan fingerprint density at radius 3 is 2.65 bits per heavy atom. The first-order valence-electron chi connectivity index (χ1n) is 9.46. The van der Waals surface area contributed by atoms with E-state index >= 15 is 0 Å². The Kier molecular flexibility index (Phi) is 6.11. The maximum Gasteiger partial charge on any atom is 0.262 e. The van der Waals surface area contributed by atoms with E-state index in [9.17, 15) is 10.1 Å². The summed E-state index contributed by atoms with van der Waals surface area (Å²) in [6.45, 7) is -0.120. The van der Waals surface area contributed by atoms with E-state index in [4.69, 9.17) is 4.74 Å². The summed E-state index contributed by atoms with van der Waals surface area (Å²) >= 11 is 3.47. The Balaban J connectivity index is 1.46. The lowest BCUT2D eigenvalue weighted by molar-refractivity contribution is -0.118. The van der Waals surface area contributed by atoms with Gasteiger partial charge in [0.05, 0.1) is 21.1 Å². The van der Waals surface area contributed by atoms with E-state index < -0.39 is 0 Å². The summed E-state index contributed by atoms with van der Waals surface area (Å²) < 4.78 is 6.30. The fraction of sp³-hybridized carbons (Fsp3) is 0.0417. The topological polar surface area (TPSA) is 90.8 Å². The summed E-state index contributed by atoms with van der Waals surface area (Å²) in [5.41, 5.74) is 3.60. The highest BCUT2D eigenvalue weighted by Crippen LogP contribution is 2.28. The van der Waals surface area contributed by atoms with Gasteiger partial charge in [-0.2, -0.15) is 5.26 Å². The molecular formula is C24H17BrN4O2. The number of ether oxygens (including phenoxy) is 1. The molecule has 0 aliphatic heterocycles. The van der Waals surface area contributed by atoms with Crippen molar-refractivity contribution in [1.29, 1.82) is 5.26 Å². The molecule has 31 heavy (non-hydrogen) atoms. The SMILES string of the molecule is N#C/C(=C\c1ccc(OCC(=O)Nc2ccccc2)c(Br)c1)c1nc2ccccc2[nH]1.